The second kappa shape index (κ2) is 30.9. The van der Waals surface area contributed by atoms with Crippen molar-refractivity contribution in [2.75, 3.05) is 19.8 Å². The third kappa shape index (κ3) is 19.4. The molecule has 4 unspecified atom stereocenters. The Morgan fingerprint density at radius 1 is 0.571 bits per heavy atom. The molecule has 0 spiro atoms. The first kappa shape index (κ1) is 51.1. The zero-order valence-electron chi connectivity index (χ0n) is 34.6. The fourth-order valence-corrected chi connectivity index (χ4v) is 7.59. The third-order valence-corrected chi connectivity index (χ3v) is 11.3. The van der Waals surface area contributed by atoms with Crippen molar-refractivity contribution >= 4 is 5.91 Å². The van der Waals surface area contributed by atoms with Gasteiger partial charge in [0, 0.05) is 6.42 Å². The summed E-state index contributed by atoms with van der Waals surface area (Å²) in [6.45, 7) is 2.80. The molecule has 0 aromatic rings. The van der Waals surface area contributed by atoms with E-state index in [4.69, 9.17) is 18.9 Å². The van der Waals surface area contributed by atoms with Crippen LogP contribution < -0.4 is 5.32 Å². The van der Waals surface area contributed by atoms with Crippen molar-refractivity contribution in [2.45, 2.75) is 242 Å². The Labute approximate surface area is 336 Å². The average Bonchev–Trinajstić information content (AvgIpc) is 3.19. The minimum Gasteiger partial charge on any atom is -0.394 e. The van der Waals surface area contributed by atoms with Gasteiger partial charge in [0.2, 0.25) is 5.91 Å². The van der Waals surface area contributed by atoms with Crippen LogP contribution in [0.1, 0.15) is 168 Å². The van der Waals surface area contributed by atoms with E-state index >= 15 is 0 Å². The Balaban J connectivity index is 1.90. The smallest absolute Gasteiger partial charge is 0.220 e. The largest absolute Gasteiger partial charge is 0.394 e. The zero-order valence-corrected chi connectivity index (χ0v) is 34.6. The van der Waals surface area contributed by atoms with E-state index in [0.29, 0.717) is 12.8 Å². The summed E-state index contributed by atoms with van der Waals surface area (Å²) in [6, 6.07) is -0.818. The molecule has 14 heteroatoms. The number of amides is 1. The van der Waals surface area contributed by atoms with E-state index < -0.39 is 86.8 Å². The summed E-state index contributed by atoms with van der Waals surface area (Å²) in [5.41, 5.74) is 0. The maximum atomic E-state index is 13.1. The van der Waals surface area contributed by atoms with Crippen LogP contribution in [0.15, 0.2) is 0 Å². The quantitative estimate of drug-likeness (QED) is 0.0430. The van der Waals surface area contributed by atoms with Gasteiger partial charge in [-0.1, -0.05) is 149 Å². The molecule has 0 saturated carbocycles. The van der Waals surface area contributed by atoms with Gasteiger partial charge in [0.15, 0.2) is 12.6 Å². The summed E-state index contributed by atoms with van der Waals surface area (Å²) in [4.78, 5) is 13.1. The Morgan fingerprint density at radius 2 is 1.02 bits per heavy atom. The van der Waals surface area contributed by atoms with E-state index in [0.717, 1.165) is 51.4 Å². The molecular formula is C42H81NO13. The molecule has 0 aliphatic carbocycles. The predicted molar refractivity (Wildman–Crippen MR) is 212 cm³/mol. The topological polar surface area (TPSA) is 228 Å². The first-order valence-electron chi connectivity index (χ1n) is 22.3. The lowest BCUT2D eigenvalue weighted by molar-refractivity contribution is -0.359. The van der Waals surface area contributed by atoms with Gasteiger partial charge in [0.1, 0.15) is 48.8 Å². The summed E-state index contributed by atoms with van der Waals surface area (Å²) >= 11 is 0. The molecule has 2 saturated heterocycles. The van der Waals surface area contributed by atoms with Gasteiger partial charge in [0.05, 0.1) is 32.0 Å². The fourth-order valence-electron chi connectivity index (χ4n) is 7.59. The normalized spacial score (nSPS) is 29.3. The van der Waals surface area contributed by atoms with Crippen LogP contribution in [0.5, 0.6) is 0 Å². The lowest BCUT2D eigenvalue weighted by Crippen LogP contribution is -2.65. The molecule has 2 rings (SSSR count). The maximum absolute atomic E-state index is 13.1. The molecule has 0 aromatic carbocycles. The van der Waals surface area contributed by atoms with Crippen molar-refractivity contribution in [2.24, 2.45) is 0 Å². The van der Waals surface area contributed by atoms with Crippen LogP contribution in [-0.2, 0) is 23.7 Å². The Morgan fingerprint density at radius 3 is 1.52 bits per heavy atom. The highest BCUT2D eigenvalue weighted by Gasteiger charge is 2.51. The van der Waals surface area contributed by atoms with Gasteiger partial charge in [-0.15, -0.1) is 0 Å². The van der Waals surface area contributed by atoms with E-state index in [9.17, 15) is 45.6 Å². The fraction of sp³-hybridized carbons (Fsp3) is 0.976. The minimum atomic E-state index is -1.78. The Hall–Kier alpha value is -1.01. The number of unbranched alkanes of at least 4 members (excludes halogenated alkanes) is 20. The van der Waals surface area contributed by atoms with Crippen molar-refractivity contribution in [3.63, 3.8) is 0 Å². The SMILES string of the molecule is CCCCCCCCCCCCCC[C@@H](O)[C@H](CO[C@@H]1O[C@H](CO)[C@@H](O[C@@H]2O[C@H](CO)[C@H](O)C(O)C2O)C(O)C1O)NC(=O)CCCCCCCCCCCC. The number of aliphatic hydroxyl groups excluding tert-OH is 8. The van der Waals surface area contributed by atoms with Crippen LogP contribution in [0.25, 0.3) is 0 Å². The number of hydrogen-bond donors (Lipinski definition) is 9. The van der Waals surface area contributed by atoms with E-state index in [2.05, 4.69) is 19.2 Å². The minimum absolute atomic E-state index is 0.210. The van der Waals surface area contributed by atoms with Gasteiger partial charge < -0.3 is 65.1 Å². The molecule has 2 heterocycles. The van der Waals surface area contributed by atoms with Gasteiger partial charge in [0.25, 0.3) is 0 Å². The number of nitrogens with one attached hydrogen (secondary N) is 1. The van der Waals surface area contributed by atoms with E-state index in [-0.39, 0.29) is 12.5 Å². The van der Waals surface area contributed by atoms with Gasteiger partial charge in [-0.05, 0) is 12.8 Å². The lowest BCUT2D eigenvalue weighted by Gasteiger charge is -2.46. The number of rotatable bonds is 33. The van der Waals surface area contributed by atoms with Crippen LogP contribution in [0, 0.1) is 0 Å². The van der Waals surface area contributed by atoms with Crippen molar-refractivity contribution in [3.05, 3.63) is 0 Å². The van der Waals surface area contributed by atoms with Gasteiger partial charge in [-0.2, -0.15) is 0 Å². The van der Waals surface area contributed by atoms with Crippen LogP contribution in [0.2, 0.25) is 0 Å². The van der Waals surface area contributed by atoms with Crippen molar-refractivity contribution in [3.8, 4) is 0 Å². The monoisotopic (exact) mass is 808 g/mol. The van der Waals surface area contributed by atoms with Crippen LogP contribution in [-0.4, -0.2) is 140 Å². The van der Waals surface area contributed by atoms with Gasteiger partial charge in [-0.3, -0.25) is 4.79 Å². The van der Waals surface area contributed by atoms with Crippen molar-refractivity contribution in [1.82, 2.24) is 5.32 Å². The average molecular weight is 808 g/mol. The molecule has 12 atom stereocenters. The van der Waals surface area contributed by atoms with E-state index in [1.807, 2.05) is 0 Å². The Kier molecular flexibility index (Phi) is 28.3. The number of hydrogen-bond acceptors (Lipinski definition) is 13. The molecule has 9 N–H and O–H groups in total. The lowest BCUT2D eigenvalue weighted by atomic mass is 9.97. The highest BCUT2D eigenvalue weighted by molar-refractivity contribution is 5.76. The van der Waals surface area contributed by atoms with Crippen LogP contribution in [0.4, 0.5) is 0 Å². The molecule has 14 nitrogen and oxygen atoms in total. The highest BCUT2D eigenvalue weighted by Crippen LogP contribution is 2.30. The molecule has 1 amide bonds. The maximum Gasteiger partial charge on any atom is 0.220 e. The molecule has 2 aliphatic rings. The standard InChI is InChI=1S/C42H81NO13/c1-3-5-7-9-11-13-15-16-17-19-21-23-25-31(46)30(43-34(47)26-24-22-20-18-14-12-10-8-6-4-2)29-53-41-39(52)37(50)40(33(28-45)55-41)56-42-38(51)36(49)35(48)32(27-44)54-42/h30-33,35-42,44-46,48-52H,3-29H2,1-2H3,(H,43,47)/t30-,31+,32+,33+,35-,36?,37?,38?,39?,40+,41+,42-/m0/s1. The van der Waals surface area contributed by atoms with E-state index in [1.54, 1.807) is 0 Å². The first-order valence-corrected chi connectivity index (χ1v) is 22.3. The summed E-state index contributed by atoms with van der Waals surface area (Å²) in [7, 11) is 0. The highest BCUT2D eigenvalue weighted by atomic mass is 16.7. The third-order valence-electron chi connectivity index (χ3n) is 11.3. The zero-order chi connectivity index (χ0) is 41.1. The molecule has 56 heavy (non-hydrogen) atoms. The first-order chi connectivity index (χ1) is 27.1. The van der Waals surface area contributed by atoms with Crippen LogP contribution in [0.3, 0.4) is 0 Å². The molecule has 0 radical (unpaired) electrons. The Bertz CT molecular complexity index is 962. The summed E-state index contributed by atoms with van der Waals surface area (Å²) < 4.78 is 22.6. The molecule has 0 aromatic heterocycles. The molecule has 2 aliphatic heterocycles. The number of carbonyl (C=O) groups is 1. The van der Waals surface area contributed by atoms with Gasteiger partial charge in [-0.25, -0.2) is 0 Å². The summed E-state index contributed by atoms with van der Waals surface area (Å²) in [5.74, 6) is -0.210. The number of carbonyl (C=O) groups excluding carboxylic acids is 1. The number of aliphatic hydroxyl groups is 8. The summed E-state index contributed by atoms with van der Waals surface area (Å²) in [5, 5.41) is 86.4. The van der Waals surface area contributed by atoms with E-state index in [1.165, 1.54) is 89.9 Å². The second-order valence-electron chi connectivity index (χ2n) is 16.2. The van der Waals surface area contributed by atoms with Crippen molar-refractivity contribution < 1.29 is 64.6 Å². The summed E-state index contributed by atoms with van der Waals surface area (Å²) in [6.07, 6.45) is 9.77. The number of ether oxygens (including phenoxy) is 4. The van der Waals surface area contributed by atoms with Gasteiger partial charge >= 0.3 is 0 Å². The molecule has 2 fully saturated rings. The predicted octanol–water partition coefficient (Wildman–Crippen LogP) is 3.88. The van der Waals surface area contributed by atoms with Crippen molar-refractivity contribution in [1.29, 1.82) is 0 Å². The molecular weight excluding hydrogens is 726 g/mol. The second-order valence-corrected chi connectivity index (χ2v) is 16.2. The van der Waals surface area contributed by atoms with Crippen LogP contribution >= 0.6 is 0 Å². The molecule has 332 valence electrons. The molecule has 0 bridgehead atoms.